The molecule has 1 saturated heterocycles. The summed E-state index contributed by atoms with van der Waals surface area (Å²) in [5.41, 5.74) is 4.74. The molecule has 1 atom stereocenters. The summed E-state index contributed by atoms with van der Waals surface area (Å²) in [7, 11) is 4.90. The molecule has 9 nitrogen and oxygen atoms in total. The predicted octanol–water partition coefficient (Wildman–Crippen LogP) is 5.98. The van der Waals surface area contributed by atoms with Crippen molar-refractivity contribution in [3.8, 4) is 17.2 Å². The molecule has 0 aromatic heterocycles. The first-order chi connectivity index (χ1) is 19.3. The molecule has 2 aliphatic rings. The van der Waals surface area contributed by atoms with E-state index in [9.17, 15) is 9.59 Å². The van der Waals surface area contributed by atoms with Gasteiger partial charge < -0.3 is 29.3 Å². The lowest BCUT2D eigenvalue weighted by Gasteiger charge is -2.31. The van der Waals surface area contributed by atoms with Gasteiger partial charge in [-0.05, 0) is 62.4 Å². The summed E-state index contributed by atoms with van der Waals surface area (Å²) in [6.07, 6.45) is 4.24. The Morgan fingerprint density at radius 3 is 2.45 bits per heavy atom. The van der Waals surface area contributed by atoms with Crippen molar-refractivity contribution in [1.82, 2.24) is 14.7 Å². The Morgan fingerprint density at radius 1 is 1.00 bits per heavy atom. The molecule has 1 N–H and O–H groups in total. The van der Waals surface area contributed by atoms with Crippen LogP contribution in [-0.4, -0.2) is 74.3 Å². The highest BCUT2D eigenvalue weighted by atomic mass is 16.5. The van der Waals surface area contributed by atoms with Gasteiger partial charge in [-0.3, -0.25) is 4.90 Å². The summed E-state index contributed by atoms with van der Waals surface area (Å²) in [6, 6.07) is 9.45. The number of urea groups is 2. The quantitative estimate of drug-likeness (QED) is 0.495. The van der Waals surface area contributed by atoms with Crippen LogP contribution in [0.2, 0.25) is 0 Å². The van der Waals surface area contributed by atoms with Gasteiger partial charge in [-0.25, -0.2) is 9.59 Å². The standard InChI is InChI=1S/C31H42N4O5/c1-7-33-14-9-15-34(30(36)32-26-16-21(2)11-12-27(26)39-5)13-8-10-24-17-22(3)29-23(20-35(24)31(33)37)18-25(38-4)19-28(29)40-6/h11-12,16-19,22H,7-10,13-15,20H2,1-6H3,(H,32,36). The van der Waals surface area contributed by atoms with Crippen LogP contribution in [-0.2, 0) is 6.54 Å². The van der Waals surface area contributed by atoms with Crippen LogP contribution in [0.15, 0.2) is 42.1 Å². The largest absolute Gasteiger partial charge is 0.497 e. The Hall–Kier alpha value is -3.88. The van der Waals surface area contributed by atoms with Crippen LogP contribution in [0.1, 0.15) is 55.7 Å². The van der Waals surface area contributed by atoms with Gasteiger partial charge >= 0.3 is 12.1 Å². The fourth-order valence-corrected chi connectivity index (χ4v) is 5.63. The molecule has 9 heteroatoms. The van der Waals surface area contributed by atoms with Crippen molar-refractivity contribution in [2.24, 2.45) is 0 Å². The van der Waals surface area contributed by atoms with Gasteiger partial charge in [0.15, 0.2) is 0 Å². The Kier molecular flexibility index (Phi) is 9.45. The summed E-state index contributed by atoms with van der Waals surface area (Å²) in [4.78, 5) is 32.9. The number of anilines is 1. The lowest BCUT2D eigenvalue weighted by molar-refractivity contribution is 0.163. The van der Waals surface area contributed by atoms with Gasteiger partial charge in [-0.2, -0.15) is 0 Å². The third kappa shape index (κ3) is 6.29. The smallest absolute Gasteiger partial charge is 0.324 e. The number of amides is 4. The summed E-state index contributed by atoms with van der Waals surface area (Å²) in [6.45, 7) is 8.81. The maximum atomic E-state index is 13.9. The second kappa shape index (κ2) is 13.0. The number of fused-ring (bicyclic) bond motifs is 2. The van der Waals surface area contributed by atoms with Gasteiger partial charge in [-0.15, -0.1) is 0 Å². The van der Waals surface area contributed by atoms with Gasteiger partial charge in [0.25, 0.3) is 0 Å². The van der Waals surface area contributed by atoms with E-state index in [0.29, 0.717) is 62.8 Å². The first kappa shape index (κ1) is 29.1. The van der Waals surface area contributed by atoms with Crippen molar-refractivity contribution in [3.63, 3.8) is 0 Å². The number of benzene rings is 2. The van der Waals surface area contributed by atoms with Crippen LogP contribution < -0.4 is 19.5 Å². The number of nitrogens with one attached hydrogen (secondary N) is 1. The van der Waals surface area contributed by atoms with Crippen molar-refractivity contribution in [2.75, 3.05) is 52.8 Å². The molecule has 2 aromatic rings. The molecule has 0 spiro atoms. The highest BCUT2D eigenvalue weighted by Gasteiger charge is 2.30. The van der Waals surface area contributed by atoms with E-state index < -0.39 is 0 Å². The second-order valence-electron chi connectivity index (χ2n) is 10.4. The van der Waals surface area contributed by atoms with Gasteiger partial charge in [0.2, 0.25) is 0 Å². The average molecular weight is 551 g/mol. The van der Waals surface area contributed by atoms with Crippen molar-refractivity contribution in [3.05, 3.63) is 58.8 Å². The SMILES string of the molecule is CCN1CCCN(C(=O)Nc2cc(C)ccc2OC)CCCC2=CC(C)c3c(cc(OC)cc3OC)CN2C1=O. The molecule has 2 aliphatic heterocycles. The molecule has 4 rings (SSSR count). The summed E-state index contributed by atoms with van der Waals surface area (Å²) in [5.74, 6) is 2.13. The van der Waals surface area contributed by atoms with E-state index in [2.05, 4.69) is 18.3 Å². The van der Waals surface area contributed by atoms with Gasteiger partial charge in [0, 0.05) is 49.4 Å². The van der Waals surface area contributed by atoms with Crippen molar-refractivity contribution < 1.29 is 23.8 Å². The fraction of sp³-hybridized carbons (Fsp3) is 0.484. The van der Waals surface area contributed by atoms with E-state index in [0.717, 1.165) is 34.6 Å². The van der Waals surface area contributed by atoms with Crippen LogP contribution in [0.25, 0.3) is 0 Å². The van der Waals surface area contributed by atoms with E-state index in [1.165, 1.54) is 0 Å². The fourth-order valence-electron chi connectivity index (χ4n) is 5.63. The first-order valence-electron chi connectivity index (χ1n) is 14.0. The maximum Gasteiger partial charge on any atom is 0.324 e. The van der Waals surface area contributed by atoms with Gasteiger partial charge in [-0.1, -0.05) is 19.1 Å². The van der Waals surface area contributed by atoms with E-state index in [-0.39, 0.29) is 18.0 Å². The van der Waals surface area contributed by atoms with Crippen LogP contribution in [0.4, 0.5) is 15.3 Å². The Labute approximate surface area is 237 Å². The van der Waals surface area contributed by atoms with Crippen molar-refractivity contribution >= 4 is 17.7 Å². The molecular formula is C31H42N4O5. The Morgan fingerprint density at radius 2 is 1.75 bits per heavy atom. The third-order valence-corrected chi connectivity index (χ3v) is 7.71. The number of carbonyl (C=O) groups is 2. The topological polar surface area (TPSA) is 83.6 Å². The maximum absolute atomic E-state index is 13.9. The number of nitrogens with zero attached hydrogens (tertiary/aromatic N) is 3. The highest BCUT2D eigenvalue weighted by molar-refractivity contribution is 5.91. The lowest BCUT2D eigenvalue weighted by Crippen LogP contribution is -2.43. The first-order valence-corrected chi connectivity index (χ1v) is 14.0. The zero-order valence-corrected chi connectivity index (χ0v) is 24.6. The van der Waals surface area contributed by atoms with E-state index in [4.69, 9.17) is 14.2 Å². The number of hydrogen-bond acceptors (Lipinski definition) is 5. The summed E-state index contributed by atoms with van der Waals surface area (Å²) >= 11 is 0. The molecular weight excluding hydrogens is 508 g/mol. The average Bonchev–Trinajstić information content (AvgIpc) is 3.10. The molecule has 0 aliphatic carbocycles. The molecule has 1 fully saturated rings. The molecule has 40 heavy (non-hydrogen) atoms. The number of allylic oxidation sites excluding steroid dienone is 2. The second-order valence-corrected chi connectivity index (χ2v) is 10.4. The van der Waals surface area contributed by atoms with Crippen molar-refractivity contribution in [2.45, 2.75) is 52.5 Å². The Balaban J connectivity index is 1.61. The molecule has 2 aromatic carbocycles. The summed E-state index contributed by atoms with van der Waals surface area (Å²) in [5, 5.41) is 3.05. The number of ether oxygens (including phenoxy) is 3. The molecule has 4 amide bonds. The van der Waals surface area contributed by atoms with Gasteiger partial charge in [0.05, 0.1) is 33.6 Å². The van der Waals surface area contributed by atoms with E-state index in [1.807, 2.05) is 58.9 Å². The number of rotatable bonds is 5. The normalized spacial score (nSPS) is 18.1. The third-order valence-electron chi connectivity index (χ3n) is 7.71. The highest BCUT2D eigenvalue weighted by Crippen LogP contribution is 2.40. The van der Waals surface area contributed by atoms with Crippen molar-refractivity contribution in [1.29, 1.82) is 0 Å². The minimum atomic E-state index is -0.165. The van der Waals surface area contributed by atoms with Crippen LogP contribution >= 0.6 is 0 Å². The monoisotopic (exact) mass is 550 g/mol. The minimum Gasteiger partial charge on any atom is -0.497 e. The Bertz CT molecular complexity index is 1260. The van der Waals surface area contributed by atoms with Gasteiger partial charge in [0.1, 0.15) is 17.2 Å². The number of hydrogen-bond donors (Lipinski definition) is 1. The van der Waals surface area contributed by atoms with Crippen LogP contribution in [0.5, 0.6) is 17.2 Å². The molecule has 0 bridgehead atoms. The lowest BCUT2D eigenvalue weighted by atomic mass is 9.94. The zero-order chi connectivity index (χ0) is 28.8. The van der Waals surface area contributed by atoms with Crippen LogP contribution in [0.3, 0.4) is 0 Å². The van der Waals surface area contributed by atoms with E-state index >= 15 is 0 Å². The predicted molar refractivity (Wildman–Crippen MR) is 156 cm³/mol. The molecule has 2 heterocycles. The number of aryl methyl sites for hydroxylation is 1. The number of carbonyl (C=O) groups excluding carboxylic acids is 2. The zero-order valence-electron chi connectivity index (χ0n) is 24.6. The molecule has 216 valence electrons. The number of methoxy groups -OCH3 is 3. The summed E-state index contributed by atoms with van der Waals surface area (Å²) < 4.78 is 16.7. The molecule has 1 unspecified atom stereocenters. The van der Waals surface area contributed by atoms with Crippen LogP contribution in [0, 0.1) is 6.92 Å². The van der Waals surface area contributed by atoms with E-state index in [1.54, 1.807) is 21.3 Å². The molecule has 0 radical (unpaired) electrons. The minimum absolute atomic E-state index is 0.0158. The molecule has 0 saturated carbocycles.